The molecule has 12 heavy (non-hydrogen) atoms. The summed E-state index contributed by atoms with van der Waals surface area (Å²) >= 11 is 0. The molecule has 0 spiro atoms. The van der Waals surface area contributed by atoms with Crippen LogP contribution in [0, 0.1) is 11.3 Å². The molecular weight excluding hydrogens is 152 g/mol. The van der Waals surface area contributed by atoms with Crippen LogP contribution in [0.15, 0.2) is 0 Å². The molecule has 2 aliphatic carbocycles. The predicted molar refractivity (Wildman–Crippen MR) is 46.0 cm³/mol. The van der Waals surface area contributed by atoms with Gasteiger partial charge in [0.1, 0.15) is 0 Å². The van der Waals surface area contributed by atoms with E-state index < -0.39 is 0 Å². The fourth-order valence-corrected chi connectivity index (χ4v) is 2.48. The Morgan fingerprint density at radius 3 is 2.25 bits per heavy atom. The summed E-state index contributed by atoms with van der Waals surface area (Å²) in [4.78, 5) is 11.5. The van der Waals surface area contributed by atoms with Gasteiger partial charge < -0.3 is 0 Å². The van der Waals surface area contributed by atoms with Gasteiger partial charge in [0.15, 0.2) is 0 Å². The second kappa shape index (κ2) is 2.73. The number of rotatable bonds is 2. The Bertz CT molecular complexity index is 195. The van der Waals surface area contributed by atoms with Gasteiger partial charge in [-0.2, -0.15) is 0 Å². The van der Waals surface area contributed by atoms with Gasteiger partial charge in [-0.25, -0.2) is 5.84 Å². The molecule has 1 amide bonds. The molecule has 0 atom stereocenters. The van der Waals surface area contributed by atoms with Crippen LogP contribution in [0.25, 0.3) is 0 Å². The lowest BCUT2D eigenvalue weighted by atomic mass is 9.55. The summed E-state index contributed by atoms with van der Waals surface area (Å²) in [5.41, 5.74) is 2.27. The van der Waals surface area contributed by atoms with Crippen LogP contribution < -0.4 is 11.3 Å². The molecule has 0 aromatic heterocycles. The molecule has 0 radical (unpaired) electrons. The fourth-order valence-electron chi connectivity index (χ4n) is 2.48. The molecule has 2 fully saturated rings. The van der Waals surface area contributed by atoms with Gasteiger partial charge in [0.2, 0.25) is 5.91 Å². The number of hydrazine groups is 1. The van der Waals surface area contributed by atoms with Crippen LogP contribution in [-0.2, 0) is 4.79 Å². The van der Waals surface area contributed by atoms with E-state index >= 15 is 0 Å². The third-order valence-corrected chi connectivity index (χ3v) is 3.72. The Balaban J connectivity index is 2.07. The lowest BCUT2D eigenvalue weighted by Gasteiger charge is -2.49. The Morgan fingerprint density at radius 1 is 1.33 bits per heavy atom. The maximum absolute atomic E-state index is 11.5. The average Bonchev–Trinajstić information content (AvgIpc) is 1.91. The van der Waals surface area contributed by atoms with Crippen LogP contribution in [0.3, 0.4) is 0 Å². The summed E-state index contributed by atoms with van der Waals surface area (Å²) in [6, 6.07) is 0. The molecule has 0 aromatic carbocycles. The summed E-state index contributed by atoms with van der Waals surface area (Å²) in [6.45, 7) is 0. The number of amides is 1. The standard InChI is InChI=1S/C9H16N2O/c10-11-8(12)9(5-2-6-9)7-3-1-4-7/h7H,1-6,10H2,(H,11,12). The van der Waals surface area contributed by atoms with Crippen LogP contribution >= 0.6 is 0 Å². The van der Waals surface area contributed by atoms with Crippen LogP contribution in [0.4, 0.5) is 0 Å². The van der Waals surface area contributed by atoms with E-state index in [0.29, 0.717) is 5.92 Å². The normalized spacial score (nSPS) is 27.1. The third kappa shape index (κ3) is 0.891. The number of hydrogen-bond acceptors (Lipinski definition) is 2. The highest BCUT2D eigenvalue weighted by molar-refractivity contribution is 5.83. The quantitative estimate of drug-likeness (QED) is 0.366. The first-order valence-electron chi connectivity index (χ1n) is 4.81. The monoisotopic (exact) mass is 168 g/mol. The van der Waals surface area contributed by atoms with E-state index in [1.807, 2.05) is 0 Å². The molecule has 3 N–H and O–H groups in total. The lowest BCUT2D eigenvalue weighted by molar-refractivity contribution is -0.144. The molecule has 0 aromatic rings. The van der Waals surface area contributed by atoms with E-state index in [0.717, 1.165) is 12.8 Å². The highest BCUT2D eigenvalue weighted by Crippen LogP contribution is 2.54. The molecule has 2 saturated carbocycles. The van der Waals surface area contributed by atoms with Gasteiger partial charge >= 0.3 is 0 Å². The first kappa shape index (κ1) is 8.05. The van der Waals surface area contributed by atoms with E-state index in [9.17, 15) is 4.79 Å². The number of nitrogens with two attached hydrogens (primary N) is 1. The van der Waals surface area contributed by atoms with Crippen molar-refractivity contribution >= 4 is 5.91 Å². The topological polar surface area (TPSA) is 55.1 Å². The van der Waals surface area contributed by atoms with Gasteiger partial charge in [-0.15, -0.1) is 0 Å². The zero-order chi connectivity index (χ0) is 8.60. The van der Waals surface area contributed by atoms with Crippen molar-refractivity contribution < 1.29 is 4.79 Å². The number of carbonyl (C=O) groups is 1. The van der Waals surface area contributed by atoms with Crippen molar-refractivity contribution in [2.45, 2.75) is 38.5 Å². The Hall–Kier alpha value is -0.570. The van der Waals surface area contributed by atoms with E-state index in [1.165, 1.54) is 25.7 Å². The van der Waals surface area contributed by atoms with Crippen LogP contribution in [0.2, 0.25) is 0 Å². The zero-order valence-corrected chi connectivity index (χ0v) is 7.31. The molecule has 0 bridgehead atoms. The van der Waals surface area contributed by atoms with Gasteiger partial charge in [-0.3, -0.25) is 10.2 Å². The number of hydrogen-bond donors (Lipinski definition) is 2. The van der Waals surface area contributed by atoms with Crippen LogP contribution in [-0.4, -0.2) is 5.91 Å². The van der Waals surface area contributed by atoms with E-state index in [-0.39, 0.29) is 11.3 Å². The summed E-state index contributed by atoms with van der Waals surface area (Å²) in [7, 11) is 0. The van der Waals surface area contributed by atoms with Crippen molar-refractivity contribution in [2.24, 2.45) is 17.2 Å². The van der Waals surface area contributed by atoms with E-state index in [2.05, 4.69) is 5.43 Å². The first-order chi connectivity index (χ1) is 5.79. The molecule has 0 saturated heterocycles. The smallest absolute Gasteiger partial charge is 0.240 e. The maximum atomic E-state index is 11.5. The Kier molecular flexibility index (Phi) is 1.83. The largest absolute Gasteiger partial charge is 0.294 e. The maximum Gasteiger partial charge on any atom is 0.240 e. The van der Waals surface area contributed by atoms with Gasteiger partial charge in [-0.05, 0) is 31.6 Å². The minimum atomic E-state index is -0.0486. The number of nitrogens with one attached hydrogen (secondary N) is 1. The second-order valence-electron chi connectivity index (χ2n) is 4.11. The molecular formula is C9H16N2O. The predicted octanol–water partition coefficient (Wildman–Crippen LogP) is 0.947. The first-order valence-corrected chi connectivity index (χ1v) is 4.81. The molecule has 2 rings (SSSR count). The van der Waals surface area contributed by atoms with Gasteiger partial charge in [-0.1, -0.05) is 12.8 Å². The molecule has 0 unspecified atom stereocenters. The molecule has 68 valence electrons. The summed E-state index contributed by atoms with van der Waals surface area (Å²) in [5.74, 6) is 5.90. The molecule has 3 nitrogen and oxygen atoms in total. The highest BCUT2D eigenvalue weighted by atomic mass is 16.2. The van der Waals surface area contributed by atoms with Crippen LogP contribution in [0.1, 0.15) is 38.5 Å². The van der Waals surface area contributed by atoms with Crippen molar-refractivity contribution in [1.82, 2.24) is 5.43 Å². The van der Waals surface area contributed by atoms with Gasteiger partial charge in [0, 0.05) is 0 Å². The van der Waals surface area contributed by atoms with E-state index in [1.54, 1.807) is 0 Å². The SMILES string of the molecule is NNC(=O)C1(C2CCC2)CCC1. The second-order valence-corrected chi connectivity index (χ2v) is 4.11. The summed E-state index contributed by atoms with van der Waals surface area (Å²) in [5, 5.41) is 0. The van der Waals surface area contributed by atoms with Crippen molar-refractivity contribution in [1.29, 1.82) is 0 Å². The van der Waals surface area contributed by atoms with Crippen molar-refractivity contribution in [3.05, 3.63) is 0 Å². The Morgan fingerprint density at radius 2 is 2.00 bits per heavy atom. The molecule has 3 heteroatoms. The lowest BCUT2D eigenvalue weighted by Crippen LogP contribution is -2.54. The molecule has 0 aliphatic heterocycles. The van der Waals surface area contributed by atoms with Gasteiger partial charge in [0.05, 0.1) is 5.41 Å². The Labute approximate surface area is 72.7 Å². The third-order valence-electron chi connectivity index (χ3n) is 3.72. The van der Waals surface area contributed by atoms with E-state index in [4.69, 9.17) is 5.84 Å². The van der Waals surface area contributed by atoms with Crippen molar-refractivity contribution in [3.8, 4) is 0 Å². The summed E-state index contributed by atoms with van der Waals surface area (Å²) < 4.78 is 0. The van der Waals surface area contributed by atoms with Crippen molar-refractivity contribution in [3.63, 3.8) is 0 Å². The van der Waals surface area contributed by atoms with Crippen LogP contribution in [0.5, 0.6) is 0 Å². The minimum Gasteiger partial charge on any atom is -0.294 e. The van der Waals surface area contributed by atoms with Crippen molar-refractivity contribution in [2.75, 3.05) is 0 Å². The number of carbonyl (C=O) groups excluding carboxylic acids is 1. The molecule has 2 aliphatic rings. The zero-order valence-electron chi connectivity index (χ0n) is 7.31. The van der Waals surface area contributed by atoms with Gasteiger partial charge in [0.25, 0.3) is 0 Å². The highest BCUT2D eigenvalue weighted by Gasteiger charge is 2.51. The summed E-state index contributed by atoms with van der Waals surface area (Å²) in [6.07, 6.45) is 7.07. The fraction of sp³-hybridized carbons (Fsp3) is 0.889. The minimum absolute atomic E-state index is 0.0486. The average molecular weight is 168 g/mol. The molecule has 0 heterocycles.